The van der Waals surface area contributed by atoms with Gasteiger partial charge in [-0.25, -0.2) is 0 Å². The molecule has 1 aromatic carbocycles. The zero-order valence-electron chi connectivity index (χ0n) is 13.5. The summed E-state index contributed by atoms with van der Waals surface area (Å²) in [6.07, 6.45) is 3.60. The van der Waals surface area contributed by atoms with Crippen LogP contribution >= 0.6 is 0 Å². The molecular weight excluding hydrogens is 306 g/mol. The summed E-state index contributed by atoms with van der Waals surface area (Å²) >= 11 is 0. The summed E-state index contributed by atoms with van der Waals surface area (Å²) in [5, 5.41) is 27.7. The van der Waals surface area contributed by atoms with Crippen LogP contribution in [0.1, 0.15) is 0 Å². The quantitative estimate of drug-likeness (QED) is 0.586. The lowest BCUT2D eigenvalue weighted by atomic mass is 10.1. The molecule has 3 rings (SSSR count). The average Bonchev–Trinajstić information content (AvgIpc) is 2.63. The van der Waals surface area contributed by atoms with Crippen LogP contribution in [0.15, 0.2) is 48.8 Å². The molecule has 0 radical (unpaired) electrons. The van der Waals surface area contributed by atoms with Gasteiger partial charge < -0.3 is 15.3 Å². The Morgan fingerprint density at radius 3 is 1.46 bits per heavy atom. The minimum absolute atomic E-state index is 0.0694. The summed E-state index contributed by atoms with van der Waals surface area (Å²) in [6.45, 7) is 1.75. The Hall–Kier alpha value is -2.12. The Bertz CT molecular complexity index is 682. The number of hydrogen-bond donors (Lipinski definition) is 3. The molecule has 3 N–H and O–H groups in total. The van der Waals surface area contributed by atoms with E-state index in [1.54, 1.807) is 17.3 Å². The topological polar surface area (TPSA) is 89.7 Å². The Morgan fingerprint density at radius 2 is 1.08 bits per heavy atom. The van der Waals surface area contributed by atoms with E-state index in [1.807, 2.05) is 12.1 Å². The fraction of sp³-hybridized carbons (Fsp3) is 0.333. The Labute approximate surface area is 141 Å². The van der Waals surface area contributed by atoms with E-state index in [9.17, 15) is 0 Å². The van der Waals surface area contributed by atoms with Crippen molar-refractivity contribution in [1.29, 1.82) is 0 Å². The Balaban J connectivity index is 0.000000187. The van der Waals surface area contributed by atoms with Crippen molar-refractivity contribution in [1.82, 2.24) is 14.9 Å². The Morgan fingerprint density at radius 1 is 0.667 bits per heavy atom. The molecule has 2 aromatic heterocycles. The summed E-state index contributed by atoms with van der Waals surface area (Å²) < 4.78 is 0. The number of aromatic nitrogens is 2. The first-order valence-electron chi connectivity index (χ1n) is 7.93. The van der Waals surface area contributed by atoms with E-state index in [2.05, 4.69) is 34.2 Å². The van der Waals surface area contributed by atoms with Crippen LogP contribution < -0.4 is 0 Å². The van der Waals surface area contributed by atoms with Crippen LogP contribution in [0.2, 0.25) is 0 Å². The molecule has 0 aliphatic carbocycles. The highest BCUT2D eigenvalue weighted by Crippen LogP contribution is 2.20. The molecule has 0 saturated heterocycles. The van der Waals surface area contributed by atoms with E-state index < -0.39 is 0 Å². The van der Waals surface area contributed by atoms with E-state index in [-0.39, 0.29) is 19.8 Å². The predicted octanol–water partition coefficient (Wildman–Crippen LogP) is 1.05. The molecule has 0 amide bonds. The molecule has 0 unspecified atom stereocenters. The first kappa shape index (κ1) is 18.2. The van der Waals surface area contributed by atoms with E-state index in [4.69, 9.17) is 15.3 Å². The van der Waals surface area contributed by atoms with Gasteiger partial charge in [-0.1, -0.05) is 24.3 Å². The predicted molar refractivity (Wildman–Crippen MR) is 94.7 cm³/mol. The fourth-order valence-electron chi connectivity index (χ4n) is 2.44. The van der Waals surface area contributed by atoms with Crippen molar-refractivity contribution >= 4 is 21.8 Å². The maximum Gasteiger partial charge on any atom is 0.0964 e. The van der Waals surface area contributed by atoms with E-state index in [1.165, 1.54) is 0 Å². The molecule has 6 nitrogen and oxygen atoms in total. The van der Waals surface area contributed by atoms with Gasteiger partial charge in [0.25, 0.3) is 0 Å². The maximum atomic E-state index is 8.48. The first-order chi connectivity index (χ1) is 11.8. The highest BCUT2D eigenvalue weighted by atomic mass is 16.3. The van der Waals surface area contributed by atoms with Crippen LogP contribution in [0.3, 0.4) is 0 Å². The fourth-order valence-corrected chi connectivity index (χ4v) is 2.44. The van der Waals surface area contributed by atoms with Crippen LogP contribution in [-0.2, 0) is 0 Å². The van der Waals surface area contributed by atoms with Gasteiger partial charge in [0, 0.05) is 42.8 Å². The third kappa shape index (κ3) is 4.94. The smallest absolute Gasteiger partial charge is 0.0964 e. The molecule has 0 atom stereocenters. The lowest BCUT2D eigenvalue weighted by Gasteiger charge is -2.17. The number of aliphatic hydroxyl groups excluding tert-OH is 3. The van der Waals surface area contributed by atoms with E-state index in [0.717, 1.165) is 21.8 Å². The minimum atomic E-state index is 0.0694. The first-order valence-corrected chi connectivity index (χ1v) is 7.93. The van der Waals surface area contributed by atoms with Gasteiger partial charge in [0.15, 0.2) is 0 Å². The summed E-state index contributed by atoms with van der Waals surface area (Å²) in [5.41, 5.74) is 1.95. The second-order valence-electron chi connectivity index (χ2n) is 5.23. The molecule has 0 aliphatic heterocycles. The minimum Gasteiger partial charge on any atom is -0.395 e. The molecule has 0 saturated carbocycles. The van der Waals surface area contributed by atoms with Gasteiger partial charge in [0.1, 0.15) is 0 Å². The lowest BCUT2D eigenvalue weighted by molar-refractivity contribution is 0.136. The highest BCUT2D eigenvalue weighted by Gasteiger charge is 2.01. The highest BCUT2D eigenvalue weighted by molar-refractivity contribution is 6.02. The van der Waals surface area contributed by atoms with Gasteiger partial charge in [-0.2, -0.15) is 0 Å². The number of aliphatic hydroxyl groups is 3. The number of pyridine rings is 2. The standard InChI is InChI=1S/C12H8N2.C6H15NO3/c1-3-9-5-6-10-4-2-8-14-12(10)11(9)13-7-1;8-4-1-7(2-5-9)3-6-10/h1-8H;8-10H,1-6H2. The number of fused-ring (bicyclic) bond motifs is 3. The van der Waals surface area contributed by atoms with Gasteiger partial charge in [0.2, 0.25) is 0 Å². The molecule has 0 fully saturated rings. The second-order valence-corrected chi connectivity index (χ2v) is 5.23. The van der Waals surface area contributed by atoms with Crippen molar-refractivity contribution in [3.05, 3.63) is 48.8 Å². The summed E-state index contributed by atoms with van der Waals surface area (Å²) in [5.74, 6) is 0. The molecule has 24 heavy (non-hydrogen) atoms. The van der Waals surface area contributed by atoms with Crippen LogP contribution in [0.5, 0.6) is 0 Å². The van der Waals surface area contributed by atoms with Crippen LogP contribution in [-0.4, -0.2) is 69.6 Å². The van der Waals surface area contributed by atoms with Crippen molar-refractivity contribution < 1.29 is 15.3 Å². The van der Waals surface area contributed by atoms with Crippen molar-refractivity contribution in [3.8, 4) is 0 Å². The SMILES string of the molecule is OCCN(CCO)CCO.c1cnc2c(c1)ccc1cccnc12. The third-order valence-electron chi connectivity index (χ3n) is 3.59. The van der Waals surface area contributed by atoms with E-state index in [0.29, 0.717) is 19.6 Å². The summed E-state index contributed by atoms with van der Waals surface area (Å²) in [7, 11) is 0. The van der Waals surface area contributed by atoms with Gasteiger partial charge in [-0.05, 0) is 12.1 Å². The maximum absolute atomic E-state index is 8.48. The van der Waals surface area contributed by atoms with E-state index >= 15 is 0 Å². The number of benzene rings is 1. The number of rotatable bonds is 6. The molecule has 0 aliphatic rings. The molecule has 128 valence electrons. The summed E-state index contributed by atoms with van der Waals surface area (Å²) in [6, 6.07) is 12.1. The van der Waals surface area contributed by atoms with Gasteiger partial charge in [-0.3, -0.25) is 14.9 Å². The molecule has 3 aromatic rings. The van der Waals surface area contributed by atoms with Crippen molar-refractivity contribution in [2.45, 2.75) is 0 Å². The van der Waals surface area contributed by atoms with Gasteiger partial charge in [0.05, 0.1) is 30.9 Å². The number of nitrogens with zero attached hydrogens (tertiary/aromatic N) is 3. The van der Waals surface area contributed by atoms with Crippen LogP contribution in [0, 0.1) is 0 Å². The molecular formula is C18H23N3O3. The summed E-state index contributed by atoms with van der Waals surface area (Å²) in [4.78, 5) is 10.5. The zero-order valence-corrected chi connectivity index (χ0v) is 13.5. The third-order valence-corrected chi connectivity index (χ3v) is 3.59. The molecule has 0 bridgehead atoms. The lowest BCUT2D eigenvalue weighted by Crippen LogP contribution is -2.32. The molecule has 6 heteroatoms. The largest absolute Gasteiger partial charge is 0.395 e. The van der Waals surface area contributed by atoms with Gasteiger partial charge in [-0.15, -0.1) is 0 Å². The molecule has 2 heterocycles. The van der Waals surface area contributed by atoms with Crippen molar-refractivity contribution in [2.75, 3.05) is 39.5 Å². The van der Waals surface area contributed by atoms with Crippen LogP contribution in [0.4, 0.5) is 0 Å². The average molecular weight is 329 g/mol. The number of hydrogen-bond acceptors (Lipinski definition) is 6. The zero-order chi connectivity index (χ0) is 17.2. The second kappa shape index (κ2) is 9.89. The van der Waals surface area contributed by atoms with Crippen molar-refractivity contribution in [3.63, 3.8) is 0 Å². The monoisotopic (exact) mass is 329 g/mol. The van der Waals surface area contributed by atoms with Gasteiger partial charge >= 0.3 is 0 Å². The normalized spacial score (nSPS) is 10.8. The van der Waals surface area contributed by atoms with Crippen molar-refractivity contribution in [2.24, 2.45) is 0 Å². The van der Waals surface area contributed by atoms with Crippen LogP contribution in [0.25, 0.3) is 21.8 Å². The molecule has 0 spiro atoms. The Kier molecular flexibility index (Phi) is 7.51.